The fourth-order valence-electron chi connectivity index (χ4n) is 1.35. The van der Waals surface area contributed by atoms with E-state index >= 15 is 0 Å². The van der Waals surface area contributed by atoms with Crippen LogP contribution in [-0.2, 0) is 0 Å². The molecule has 1 aliphatic heterocycles. The van der Waals surface area contributed by atoms with Gasteiger partial charge in [0.05, 0.1) is 0 Å². The molecule has 1 heterocycles. The van der Waals surface area contributed by atoms with Gasteiger partial charge in [0, 0.05) is 10.5 Å². The Morgan fingerprint density at radius 2 is 2.30 bits per heavy atom. The molecule has 0 nitrogen and oxygen atoms in total. The Morgan fingerprint density at radius 3 is 3.10 bits per heavy atom. The van der Waals surface area contributed by atoms with Crippen LogP contribution in [0.2, 0.25) is 0 Å². The molecule has 52 valence electrons. The number of hydrogen-bond donors (Lipinski definition) is 0. The van der Waals surface area contributed by atoms with Crippen molar-refractivity contribution in [1.82, 2.24) is 0 Å². The topological polar surface area (TPSA) is 0 Å². The standard InChI is InChI=1S/C9H10S/c1-7-6-8-4-2-3-5-9(8)10-7/h2-7,9H,1H3. The summed E-state index contributed by atoms with van der Waals surface area (Å²) in [4.78, 5) is 0. The van der Waals surface area contributed by atoms with Gasteiger partial charge in [-0.25, -0.2) is 0 Å². The van der Waals surface area contributed by atoms with E-state index < -0.39 is 0 Å². The molecule has 0 radical (unpaired) electrons. The molecule has 2 unspecified atom stereocenters. The normalized spacial score (nSPS) is 35.9. The van der Waals surface area contributed by atoms with Crippen molar-refractivity contribution in [3.63, 3.8) is 0 Å². The molecular weight excluding hydrogens is 140 g/mol. The molecule has 1 aliphatic carbocycles. The van der Waals surface area contributed by atoms with Crippen molar-refractivity contribution in [3.05, 3.63) is 36.0 Å². The molecule has 1 heteroatoms. The summed E-state index contributed by atoms with van der Waals surface area (Å²) in [7, 11) is 0. The maximum Gasteiger partial charge on any atom is 0.0483 e. The first-order valence-corrected chi connectivity index (χ1v) is 4.52. The second-order valence-corrected chi connectivity index (χ2v) is 4.20. The zero-order chi connectivity index (χ0) is 6.97. The first-order chi connectivity index (χ1) is 4.86. The zero-order valence-corrected chi connectivity index (χ0v) is 6.77. The summed E-state index contributed by atoms with van der Waals surface area (Å²) in [6, 6.07) is 0. The van der Waals surface area contributed by atoms with Gasteiger partial charge in [0.1, 0.15) is 0 Å². The minimum atomic E-state index is 0.653. The van der Waals surface area contributed by atoms with Gasteiger partial charge in [-0.05, 0) is 12.5 Å². The maximum absolute atomic E-state index is 2.34. The number of hydrogen-bond acceptors (Lipinski definition) is 1. The van der Waals surface area contributed by atoms with E-state index in [1.165, 1.54) is 5.57 Å². The first-order valence-electron chi connectivity index (χ1n) is 3.58. The van der Waals surface area contributed by atoms with Crippen LogP contribution in [0.3, 0.4) is 0 Å². The van der Waals surface area contributed by atoms with Crippen molar-refractivity contribution in [2.24, 2.45) is 0 Å². The van der Waals surface area contributed by atoms with Gasteiger partial charge in [-0.3, -0.25) is 0 Å². The molecule has 0 saturated carbocycles. The molecule has 0 aromatic carbocycles. The molecular formula is C9H10S. The van der Waals surface area contributed by atoms with E-state index in [0.29, 0.717) is 10.5 Å². The van der Waals surface area contributed by atoms with Crippen LogP contribution in [-0.4, -0.2) is 10.5 Å². The lowest BCUT2D eigenvalue weighted by atomic mass is 10.1. The smallest absolute Gasteiger partial charge is 0.0483 e. The first kappa shape index (κ1) is 6.29. The van der Waals surface area contributed by atoms with Crippen molar-refractivity contribution >= 4 is 11.8 Å². The second-order valence-electron chi connectivity index (χ2n) is 2.67. The molecule has 0 saturated heterocycles. The van der Waals surface area contributed by atoms with Crippen LogP contribution < -0.4 is 0 Å². The molecule has 0 aromatic rings. The lowest BCUT2D eigenvalue weighted by Gasteiger charge is -2.08. The van der Waals surface area contributed by atoms with Crippen molar-refractivity contribution in [2.45, 2.75) is 17.4 Å². The van der Waals surface area contributed by atoms with Crippen LogP contribution in [0.5, 0.6) is 0 Å². The fraction of sp³-hybridized carbons (Fsp3) is 0.333. The average molecular weight is 150 g/mol. The second kappa shape index (κ2) is 2.31. The molecule has 0 amide bonds. The summed E-state index contributed by atoms with van der Waals surface area (Å²) in [6.07, 6.45) is 11.1. The summed E-state index contributed by atoms with van der Waals surface area (Å²) >= 11 is 2.02. The molecule has 2 rings (SSSR count). The van der Waals surface area contributed by atoms with E-state index in [2.05, 4.69) is 37.3 Å². The van der Waals surface area contributed by atoms with E-state index in [4.69, 9.17) is 0 Å². The summed E-state index contributed by atoms with van der Waals surface area (Å²) in [5.74, 6) is 0. The van der Waals surface area contributed by atoms with E-state index in [9.17, 15) is 0 Å². The van der Waals surface area contributed by atoms with Crippen molar-refractivity contribution < 1.29 is 0 Å². The van der Waals surface area contributed by atoms with Crippen molar-refractivity contribution in [3.8, 4) is 0 Å². The number of thioether (sulfide) groups is 1. The Balaban J connectivity index is 2.29. The molecule has 2 atom stereocenters. The SMILES string of the molecule is CC1C=C2C=CC=CC2S1. The molecule has 0 aromatic heterocycles. The highest BCUT2D eigenvalue weighted by Crippen LogP contribution is 2.35. The monoisotopic (exact) mass is 150 g/mol. The average Bonchev–Trinajstić information content (AvgIpc) is 2.27. The van der Waals surface area contributed by atoms with Gasteiger partial charge in [0.25, 0.3) is 0 Å². The Hall–Kier alpha value is -0.430. The maximum atomic E-state index is 2.34. The third kappa shape index (κ3) is 0.948. The third-order valence-electron chi connectivity index (χ3n) is 1.80. The van der Waals surface area contributed by atoms with E-state index in [1.54, 1.807) is 0 Å². The van der Waals surface area contributed by atoms with E-state index in [0.717, 1.165) is 0 Å². The van der Waals surface area contributed by atoms with Gasteiger partial charge >= 0.3 is 0 Å². The summed E-state index contributed by atoms with van der Waals surface area (Å²) < 4.78 is 0. The Morgan fingerprint density at radius 1 is 1.40 bits per heavy atom. The van der Waals surface area contributed by atoms with Gasteiger partial charge in [-0.1, -0.05) is 30.4 Å². The Bertz CT molecular complexity index is 223. The quantitative estimate of drug-likeness (QED) is 0.511. The lowest BCUT2D eigenvalue weighted by Crippen LogP contribution is -1.98. The molecule has 0 N–H and O–H groups in total. The molecule has 0 bridgehead atoms. The van der Waals surface area contributed by atoms with Crippen LogP contribution in [0.4, 0.5) is 0 Å². The fourth-order valence-corrected chi connectivity index (χ4v) is 2.55. The predicted octanol–water partition coefficient (Wildman–Crippen LogP) is 2.54. The summed E-state index contributed by atoms with van der Waals surface area (Å²) in [5.41, 5.74) is 1.49. The van der Waals surface area contributed by atoms with Crippen LogP contribution in [0, 0.1) is 0 Å². The molecule has 2 aliphatic rings. The third-order valence-corrected chi connectivity index (χ3v) is 3.09. The minimum absolute atomic E-state index is 0.653. The summed E-state index contributed by atoms with van der Waals surface area (Å²) in [5, 5.41) is 1.35. The van der Waals surface area contributed by atoms with Gasteiger partial charge in [-0.2, -0.15) is 0 Å². The molecule has 0 spiro atoms. The summed E-state index contributed by atoms with van der Waals surface area (Å²) in [6.45, 7) is 2.25. The number of allylic oxidation sites excluding steroid dienone is 3. The van der Waals surface area contributed by atoms with Gasteiger partial charge in [0.15, 0.2) is 0 Å². The molecule has 10 heavy (non-hydrogen) atoms. The van der Waals surface area contributed by atoms with Crippen LogP contribution in [0.25, 0.3) is 0 Å². The number of rotatable bonds is 0. The minimum Gasteiger partial charge on any atom is -0.142 e. The largest absolute Gasteiger partial charge is 0.142 e. The van der Waals surface area contributed by atoms with E-state index in [1.807, 2.05) is 11.8 Å². The van der Waals surface area contributed by atoms with Crippen molar-refractivity contribution in [2.75, 3.05) is 0 Å². The lowest BCUT2D eigenvalue weighted by molar-refractivity contribution is 1.25. The van der Waals surface area contributed by atoms with E-state index in [-0.39, 0.29) is 0 Å². The predicted molar refractivity (Wildman–Crippen MR) is 47.2 cm³/mol. The van der Waals surface area contributed by atoms with Crippen molar-refractivity contribution in [1.29, 1.82) is 0 Å². The highest BCUT2D eigenvalue weighted by Gasteiger charge is 2.20. The zero-order valence-electron chi connectivity index (χ0n) is 5.95. The van der Waals surface area contributed by atoms with Gasteiger partial charge < -0.3 is 0 Å². The van der Waals surface area contributed by atoms with Crippen LogP contribution in [0.15, 0.2) is 36.0 Å². The van der Waals surface area contributed by atoms with Crippen LogP contribution >= 0.6 is 11.8 Å². The Kier molecular flexibility index (Phi) is 1.46. The highest BCUT2D eigenvalue weighted by atomic mass is 32.2. The number of fused-ring (bicyclic) bond motifs is 1. The Labute approximate surface area is 65.7 Å². The molecule has 0 fully saturated rings. The van der Waals surface area contributed by atoms with Gasteiger partial charge in [-0.15, -0.1) is 11.8 Å². The van der Waals surface area contributed by atoms with Gasteiger partial charge in [0.2, 0.25) is 0 Å². The highest BCUT2D eigenvalue weighted by molar-refractivity contribution is 8.01. The van der Waals surface area contributed by atoms with Crippen LogP contribution in [0.1, 0.15) is 6.92 Å².